The number of nitrogens with zero attached hydrogens (tertiary/aromatic N) is 1. The number of nitro benzene ring substituents is 1. The minimum atomic E-state index is -2.74. The molecule has 2 rings (SSSR count). The van der Waals surface area contributed by atoms with Gasteiger partial charge in [0.2, 0.25) is 0 Å². The van der Waals surface area contributed by atoms with Gasteiger partial charge < -0.3 is 10.6 Å². The fourth-order valence-electron chi connectivity index (χ4n) is 1.77. The second-order valence-electron chi connectivity index (χ2n) is 4.48. The first-order valence-corrected chi connectivity index (χ1v) is 6.11. The molecule has 1 saturated carbocycles. The lowest BCUT2D eigenvalue weighted by molar-refractivity contribution is -0.385. The first-order chi connectivity index (χ1) is 9.08. The van der Waals surface area contributed by atoms with Crippen molar-refractivity contribution in [3.05, 3.63) is 33.9 Å². The van der Waals surface area contributed by atoms with E-state index in [9.17, 15) is 18.9 Å². The molecule has 7 heteroatoms. The molecule has 0 aromatic heterocycles. The highest BCUT2D eigenvalue weighted by Gasteiger charge is 2.20. The van der Waals surface area contributed by atoms with Gasteiger partial charge in [-0.15, -0.1) is 0 Å². The van der Waals surface area contributed by atoms with Crippen molar-refractivity contribution in [3.63, 3.8) is 0 Å². The minimum Gasteiger partial charge on any atom is -0.383 e. The van der Waals surface area contributed by atoms with Crippen LogP contribution >= 0.6 is 0 Å². The Kier molecular flexibility index (Phi) is 4.26. The molecular formula is C12H15F2N3O2. The minimum absolute atomic E-state index is 0.248. The van der Waals surface area contributed by atoms with Gasteiger partial charge in [-0.1, -0.05) is 0 Å². The summed E-state index contributed by atoms with van der Waals surface area (Å²) in [5.41, 5.74) is -0.407. The van der Waals surface area contributed by atoms with Gasteiger partial charge in [0, 0.05) is 42.5 Å². The highest BCUT2D eigenvalue weighted by molar-refractivity contribution is 5.56. The average molecular weight is 271 g/mol. The van der Waals surface area contributed by atoms with Gasteiger partial charge in [-0.25, -0.2) is 8.78 Å². The Balaban J connectivity index is 1.98. The summed E-state index contributed by atoms with van der Waals surface area (Å²) in [4.78, 5) is 9.88. The van der Waals surface area contributed by atoms with Crippen LogP contribution in [-0.4, -0.2) is 24.1 Å². The van der Waals surface area contributed by atoms with Gasteiger partial charge in [-0.3, -0.25) is 10.1 Å². The SMILES string of the molecule is O=[N+]([O-])c1ccc(NCCNC2CC2)c(C(F)F)c1. The van der Waals surface area contributed by atoms with Gasteiger partial charge in [0.05, 0.1) is 4.92 Å². The molecule has 0 saturated heterocycles. The second kappa shape index (κ2) is 5.92. The van der Waals surface area contributed by atoms with Crippen LogP contribution < -0.4 is 10.6 Å². The van der Waals surface area contributed by atoms with E-state index in [0.29, 0.717) is 19.1 Å². The van der Waals surface area contributed by atoms with Crippen LogP contribution in [0, 0.1) is 10.1 Å². The van der Waals surface area contributed by atoms with Crippen molar-refractivity contribution >= 4 is 11.4 Å². The Morgan fingerprint density at radius 3 is 2.68 bits per heavy atom. The summed E-state index contributed by atoms with van der Waals surface area (Å²) in [6, 6.07) is 4.04. The van der Waals surface area contributed by atoms with E-state index in [1.807, 2.05) is 0 Å². The van der Waals surface area contributed by atoms with Gasteiger partial charge in [0.25, 0.3) is 12.1 Å². The van der Waals surface area contributed by atoms with Crippen LogP contribution in [0.5, 0.6) is 0 Å². The number of hydrogen-bond donors (Lipinski definition) is 2. The first kappa shape index (κ1) is 13.7. The predicted octanol–water partition coefficient (Wildman–Crippen LogP) is 2.70. The number of nitro groups is 1. The lowest BCUT2D eigenvalue weighted by Gasteiger charge is -2.11. The second-order valence-corrected chi connectivity index (χ2v) is 4.48. The van der Waals surface area contributed by atoms with Crippen molar-refractivity contribution in [3.8, 4) is 0 Å². The molecule has 104 valence electrons. The zero-order valence-corrected chi connectivity index (χ0v) is 10.2. The number of benzene rings is 1. The van der Waals surface area contributed by atoms with E-state index >= 15 is 0 Å². The van der Waals surface area contributed by atoms with Gasteiger partial charge in [-0.05, 0) is 18.9 Å². The zero-order chi connectivity index (χ0) is 13.8. The van der Waals surface area contributed by atoms with Crippen LogP contribution in [-0.2, 0) is 0 Å². The van der Waals surface area contributed by atoms with Crippen LogP contribution in [0.15, 0.2) is 18.2 Å². The number of nitrogens with one attached hydrogen (secondary N) is 2. The topological polar surface area (TPSA) is 67.2 Å². The van der Waals surface area contributed by atoms with Crippen LogP contribution in [0.1, 0.15) is 24.8 Å². The van der Waals surface area contributed by atoms with E-state index in [0.717, 1.165) is 6.07 Å². The Hall–Kier alpha value is -1.76. The maximum Gasteiger partial charge on any atom is 0.270 e. The molecule has 19 heavy (non-hydrogen) atoms. The summed E-state index contributed by atoms with van der Waals surface area (Å²) < 4.78 is 25.7. The quantitative estimate of drug-likeness (QED) is 0.454. The molecule has 0 amide bonds. The van der Waals surface area contributed by atoms with Crippen molar-refractivity contribution in [2.75, 3.05) is 18.4 Å². The van der Waals surface area contributed by atoms with E-state index in [1.165, 1.54) is 25.0 Å². The summed E-state index contributed by atoms with van der Waals surface area (Å²) in [6.07, 6.45) is -0.404. The van der Waals surface area contributed by atoms with E-state index in [-0.39, 0.29) is 16.9 Å². The van der Waals surface area contributed by atoms with Crippen molar-refractivity contribution in [2.45, 2.75) is 25.3 Å². The van der Waals surface area contributed by atoms with Crippen LogP contribution in [0.25, 0.3) is 0 Å². The molecule has 1 aliphatic carbocycles. The van der Waals surface area contributed by atoms with Crippen molar-refractivity contribution in [2.24, 2.45) is 0 Å². The Morgan fingerprint density at radius 1 is 1.37 bits per heavy atom. The predicted molar refractivity (Wildman–Crippen MR) is 67.6 cm³/mol. The molecule has 0 radical (unpaired) electrons. The van der Waals surface area contributed by atoms with Crippen LogP contribution in [0.2, 0.25) is 0 Å². The smallest absolute Gasteiger partial charge is 0.270 e. The summed E-state index contributed by atoms with van der Waals surface area (Å²) >= 11 is 0. The van der Waals surface area contributed by atoms with Gasteiger partial charge >= 0.3 is 0 Å². The molecule has 0 spiro atoms. The maximum atomic E-state index is 12.8. The molecule has 0 bridgehead atoms. The Labute approximate surface area is 109 Å². The molecule has 0 unspecified atom stereocenters. The number of rotatable bonds is 7. The van der Waals surface area contributed by atoms with E-state index in [2.05, 4.69) is 10.6 Å². The van der Waals surface area contributed by atoms with E-state index in [1.54, 1.807) is 0 Å². The maximum absolute atomic E-state index is 12.8. The average Bonchev–Trinajstić information content (AvgIpc) is 3.18. The summed E-state index contributed by atoms with van der Waals surface area (Å²) in [7, 11) is 0. The number of hydrogen-bond acceptors (Lipinski definition) is 4. The van der Waals surface area contributed by atoms with Gasteiger partial charge in [0.1, 0.15) is 0 Å². The normalized spacial score (nSPS) is 14.7. The lowest BCUT2D eigenvalue weighted by atomic mass is 10.1. The van der Waals surface area contributed by atoms with E-state index in [4.69, 9.17) is 0 Å². The summed E-state index contributed by atoms with van der Waals surface area (Å²) in [5, 5.41) is 16.7. The number of anilines is 1. The zero-order valence-electron chi connectivity index (χ0n) is 10.2. The summed E-state index contributed by atoms with van der Waals surface area (Å²) in [5.74, 6) is 0. The molecule has 0 atom stereocenters. The van der Waals surface area contributed by atoms with Gasteiger partial charge in [-0.2, -0.15) is 0 Å². The third kappa shape index (κ3) is 3.85. The molecule has 0 heterocycles. The number of alkyl halides is 2. The van der Waals surface area contributed by atoms with E-state index < -0.39 is 11.3 Å². The standard InChI is InChI=1S/C12H15F2N3O2/c13-12(14)10-7-9(17(18)19)3-4-11(10)16-6-5-15-8-1-2-8/h3-4,7-8,12,15-16H,1-2,5-6H2. The third-order valence-corrected chi connectivity index (χ3v) is 2.93. The largest absolute Gasteiger partial charge is 0.383 e. The molecule has 1 aromatic carbocycles. The fourth-order valence-corrected chi connectivity index (χ4v) is 1.77. The molecule has 1 aliphatic rings. The molecular weight excluding hydrogens is 256 g/mol. The highest BCUT2D eigenvalue weighted by Crippen LogP contribution is 2.30. The van der Waals surface area contributed by atoms with Gasteiger partial charge in [0.15, 0.2) is 0 Å². The van der Waals surface area contributed by atoms with Crippen molar-refractivity contribution < 1.29 is 13.7 Å². The van der Waals surface area contributed by atoms with Crippen molar-refractivity contribution in [1.82, 2.24) is 5.32 Å². The lowest BCUT2D eigenvalue weighted by Crippen LogP contribution is -2.24. The molecule has 1 fully saturated rings. The molecule has 0 aliphatic heterocycles. The van der Waals surface area contributed by atoms with Crippen LogP contribution in [0.4, 0.5) is 20.2 Å². The molecule has 5 nitrogen and oxygen atoms in total. The first-order valence-electron chi connectivity index (χ1n) is 6.11. The van der Waals surface area contributed by atoms with Crippen molar-refractivity contribution in [1.29, 1.82) is 0 Å². The third-order valence-electron chi connectivity index (χ3n) is 2.93. The van der Waals surface area contributed by atoms with Crippen LogP contribution in [0.3, 0.4) is 0 Å². The monoisotopic (exact) mass is 271 g/mol. The summed E-state index contributed by atoms with van der Waals surface area (Å²) in [6.45, 7) is 1.19. The molecule has 1 aromatic rings. The number of non-ortho nitro benzene ring substituents is 1. The number of halogens is 2. The highest BCUT2D eigenvalue weighted by atomic mass is 19.3. The Bertz CT molecular complexity index is 464. The molecule has 2 N–H and O–H groups in total. The Morgan fingerprint density at radius 2 is 2.11 bits per heavy atom. The fraction of sp³-hybridized carbons (Fsp3) is 0.500.